The number of aromatic nitrogens is 3. The van der Waals surface area contributed by atoms with E-state index in [1.807, 2.05) is 18.2 Å². The molecule has 6 rings (SSSR count). The lowest BCUT2D eigenvalue weighted by atomic mass is 9.96. The Bertz CT molecular complexity index is 2070. The van der Waals surface area contributed by atoms with Gasteiger partial charge in [-0.25, -0.2) is 23.5 Å². The van der Waals surface area contributed by atoms with Gasteiger partial charge in [0.25, 0.3) is 5.91 Å². The zero-order valence-electron chi connectivity index (χ0n) is 27.3. The maximum Gasteiger partial charge on any atom is 0.490 e. The Labute approximate surface area is 283 Å². The van der Waals surface area contributed by atoms with Crippen LogP contribution in [0.1, 0.15) is 40.9 Å². The van der Waals surface area contributed by atoms with Crippen molar-refractivity contribution in [3.05, 3.63) is 101 Å². The SMILES string of the molecule is Cc1c(NC(=O)c2ccc(C(C)(C)OC(=O)C(F)(F)F)cc2F)cc(F)cc1-c1ncnc2[nH]c(-c3ccc(CN4CCNCC4)cc3)cc12. The zero-order chi connectivity index (χ0) is 35.8. The highest BCUT2D eigenvalue weighted by Gasteiger charge is 2.44. The minimum atomic E-state index is -5.24. The van der Waals surface area contributed by atoms with Crippen molar-refractivity contribution in [2.24, 2.45) is 0 Å². The van der Waals surface area contributed by atoms with E-state index in [-0.39, 0.29) is 11.3 Å². The van der Waals surface area contributed by atoms with Gasteiger partial charge in [0.2, 0.25) is 0 Å². The first-order valence-electron chi connectivity index (χ1n) is 15.8. The smallest absolute Gasteiger partial charge is 0.448 e. The number of rotatable bonds is 8. The average Bonchev–Trinajstić information content (AvgIpc) is 3.51. The quantitative estimate of drug-likeness (QED) is 0.120. The molecule has 5 aromatic rings. The maximum absolute atomic E-state index is 15.2. The fraction of sp³-hybridized carbons (Fsp3) is 0.278. The molecule has 0 atom stereocenters. The molecule has 0 unspecified atom stereocenters. The summed E-state index contributed by atoms with van der Waals surface area (Å²) in [6, 6.07) is 15.5. The molecule has 9 nitrogen and oxygen atoms in total. The summed E-state index contributed by atoms with van der Waals surface area (Å²) in [5.74, 6) is -5.14. The Kier molecular flexibility index (Phi) is 9.42. The number of hydrogen-bond donors (Lipinski definition) is 3. The number of piperazine rings is 1. The van der Waals surface area contributed by atoms with Crippen LogP contribution in [0.2, 0.25) is 0 Å². The highest BCUT2D eigenvalue weighted by Crippen LogP contribution is 2.35. The Morgan fingerprint density at radius 2 is 1.68 bits per heavy atom. The van der Waals surface area contributed by atoms with Crippen LogP contribution in [0.4, 0.5) is 27.6 Å². The van der Waals surface area contributed by atoms with Crippen molar-refractivity contribution in [3.63, 3.8) is 0 Å². The van der Waals surface area contributed by atoms with Crippen LogP contribution in [-0.4, -0.2) is 64.1 Å². The van der Waals surface area contributed by atoms with Gasteiger partial charge in [0, 0.05) is 55.1 Å². The number of hydrogen-bond acceptors (Lipinski definition) is 7. The molecular weight excluding hydrogens is 659 g/mol. The van der Waals surface area contributed by atoms with E-state index < -0.39 is 40.9 Å². The van der Waals surface area contributed by atoms with E-state index in [9.17, 15) is 22.8 Å². The first kappa shape index (κ1) is 34.6. The first-order chi connectivity index (χ1) is 23.7. The van der Waals surface area contributed by atoms with E-state index in [2.05, 4.69) is 47.4 Å². The van der Waals surface area contributed by atoms with Gasteiger partial charge in [-0.1, -0.05) is 30.3 Å². The molecule has 1 aliphatic heterocycles. The van der Waals surface area contributed by atoms with Crippen LogP contribution < -0.4 is 10.6 Å². The molecule has 14 heteroatoms. The van der Waals surface area contributed by atoms with E-state index in [1.54, 1.807) is 6.92 Å². The Morgan fingerprint density at radius 3 is 2.36 bits per heavy atom. The number of carbonyl (C=O) groups is 2. The number of anilines is 1. The predicted molar refractivity (Wildman–Crippen MR) is 177 cm³/mol. The molecule has 1 aliphatic rings. The summed E-state index contributed by atoms with van der Waals surface area (Å²) in [6.45, 7) is 8.77. The van der Waals surface area contributed by atoms with Gasteiger partial charge in [-0.3, -0.25) is 9.69 Å². The largest absolute Gasteiger partial charge is 0.490 e. The van der Waals surface area contributed by atoms with Gasteiger partial charge in [-0.05, 0) is 73.4 Å². The third-order valence-corrected chi connectivity index (χ3v) is 8.67. The van der Waals surface area contributed by atoms with Gasteiger partial charge >= 0.3 is 12.1 Å². The molecule has 3 N–H and O–H groups in total. The summed E-state index contributed by atoms with van der Waals surface area (Å²) in [5.41, 5.74) is 2.27. The van der Waals surface area contributed by atoms with Crippen LogP contribution in [0, 0.1) is 18.6 Å². The fourth-order valence-corrected chi connectivity index (χ4v) is 5.89. The molecule has 0 aliphatic carbocycles. The predicted octanol–water partition coefficient (Wildman–Crippen LogP) is 6.88. The van der Waals surface area contributed by atoms with E-state index in [1.165, 1.54) is 24.0 Å². The van der Waals surface area contributed by atoms with Crippen LogP contribution in [0.3, 0.4) is 0 Å². The Balaban J connectivity index is 1.24. The summed E-state index contributed by atoms with van der Waals surface area (Å²) in [7, 11) is 0. The molecule has 0 spiro atoms. The topological polar surface area (TPSA) is 112 Å². The molecule has 0 radical (unpaired) electrons. The van der Waals surface area contributed by atoms with Crippen LogP contribution in [-0.2, 0) is 21.7 Å². The second kappa shape index (κ2) is 13.6. The normalized spacial score (nSPS) is 14.2. The second-order valence-electron chi connectivity index (χ2n) is 12.6. The Hall–Kier alpha value is -5.21. The number of alkyl halides is 3. The van der Waals surface area contributed by atoms with E-state index in [0.717, 1.165) is 76.0 Å². The second-order valence-corrected chi connectivity index (χ2v) is 12.6. The molecule has 3 aromatic carbocycles. The summed E-state index contributed by atoms with van der Waals surface area (Å²) >= 11 is 0. The number of nitrogens with one attached hydrogen (secondary N) is 3. The molecule has 1 fully saturated rings. The van der Waals surface area contributed by atoms with E-state index in [4.69, 9.17) is 0 Å². The van der Waals surface area contributed by atoms with Crippen LogP contribution >= 0.6 is 0 Å². The molecule has 2 aromatic heterocycles. The summed E-state index contributed by atoms with van der Waals surface area (Å²) in [5, 5.41) is 6.50. The highest BCUT2D eigenvalue weighted by molar-refractivity contribution is 6.06. The van der Waals surface area contributed by atoms with Crippen LogP contribution in [0.5, 0.6) is 0 Å². The third-order valence-electron chi connectivity index (χ3n) is 8.67. The summed E-state index contributed by atoms with van der Waals surface area (Å²) in [4.78, 5) is 39.1. The number of aromatic amines is 1. The lowest BCUT2D eigenvalue weighted by molar-refractivity contribution is -0.212. The third kappa shape index (κ3) is 7.36. The minimum Gasteiger partial charge on any atom is -0.448 e. The van der Waals surface area contributed by atoms with Crippen molar-refractivity contribution in [2.45, 2.75) is 39.1 Å². The lowest BCUT2D eigenvalue weighted by Gasteiger charge is -2.27. The number of ether oxygens (including phenoxy) is 1. The van der Waals surface area contributed by atoms with Crippen LogP contribution in [0.15, 0.2) is 67.0 Å². The van der Waals surface area contributed by atoms with Crippen molar-refractivity contribution < 1.29 is 36.3 Å². The van der Waals surface area contributed by atoms with Gasteiger partial charge in [0.15, 0.2) is 0 Å². The molecule has 1 amide bonds. The average molecular weight is 693 g/mol. The number of carbonyl (C=O) groups excluding carboxylic acids is 2. The number of esters is 1. The zero-order valence-corrected chi connectivity index (χ0v) is 27.3. The lowest BCUT2D eigenvalue weighted by Crippen LogP contribution is -2.42. The standard InChI is InChI=1S/C36H33F5N6O3/c1-20-26(31-27-17-30(45-32(27)44-19-43-31)22-6-4-21(5-7-22)18-47-12-10-42-11-13-47)15-24(37)16-29(20)46-33(48)25-9-8-23(14-28(25)38)35(2,3)50-34(49)36(39,40)41/h4-9,14-17,19,42H,10-13,18H2,1-3H3,(H,46,48)(H,43,44,45). The van der Waals surface area contributed by atoms with Gasteiger partial charge in [0.05, 0.1) is 11.3 Å². The number of nitrogens with zero attached hydrogens (tertiary/aromatic N) is 3. The monoisotopic (exact) mass is 692 g/mol. The van der Waals surface area contributed by atoms with E-state index >= 15 is 8.78 Å². The van der Waals surface area contributed by atoms with Gasteiger partial charge in [-0.15, -0.1) is 0 Å². The van der Waals surface area contributed by atoms with Gasteiger partial charge in [-0.2, -0.15) is 13.2 Å². The molecular formula is C36H33F5N6O3. The number of benzene rings is 3. The highest BCUT2D eigenvalue weighted by atomic mass is 19.4. The molecule has 0 saturated carbocycles. The minimum absolute atomic E-state index is 0.0514. The maximum atomic E-state index is 15.2. The number of halogens is 5. The van der Waals surface area contributed by atoms with E-state index in [0.29, 0.717) is 27.9 Å². The van der Waals surface area contributed by atoms with Gasteiger partial charge in [0.1, 0.15) is 29.2 Å². The van der Waals surface area contributed by atoms with Crippen LogP contribution in [0.25, 0.3) is 33.5 Å². The van der Waals surface area contributed by atoms with Crippen molar-refractivity contribution in [3.8, 4) is 22.5 Å². The molecule has 50 heavy (non-hydrogen) atoms. The fourth-order valence-electron chi connectivity index (χ4n) is 5.89. The molecule has 260 valence electrons. The Morgan fingerprint density at radius 1 is 0.960 bits per heavy atom. The summed E-state index contributed by atoms with van der Waals surface area (Å²) in [6.07, 6.45) is -3.89. The first-order valence-corrected chi connectivity index (χ1v) is 15.8. The number of amides is 1. The molecule has 1 saturated heterocycles. The van der Waals surface area contributed by atoms with Gasteiger partial charge < -0.3 is 20.4 Å². The number of fused-ring (bicyclic) bond motifs is 1. The van der Waals surface area contributed by atoms with Crippen molar-refractivity contribution in [2.75, 3.05) is 31.5 Å². The molecule has 3 heterocycles. The molecule has 0 bridgehead atoms. The van der Waals surface area contributed by atoms with Crippen molar-refractivity contribution >= 4 is 28.6 Å². The number of H-pyrrole nitrogens is 1. The van der Waals surface area contributed by atoms with Crippen molar-refractivity contribution in [1.29, 1.82) is 0 Å². The summed E-state index contributed by atoms with van der Waals surface area (Å²) < 4.78 is 72.9. The van der Waals surface area contributed by atoms with Crippen molar-refractivity contribution in [1.82, 2.24) is 25.2 Å².